The van der Waals surface area contributed by atoms with E-state index in [0.717, 1.165) is 22.8 Å². The van der Waals surface area contributed by atoms with E-state index in [2.05, 4.69) is 5.32 Å². The lowest BCUT2D eigenvalue weighted by atomic mass is 9.90. The minimum atomic E-state index is -0.299. The van der Waals surface area contributed by atoms with Gasteiger partial charge < -0.3 is 4.57 Å². The summed E-state index contributed by atoms with van der Waals surface area (Å²) in [5.74, 6) is -0.758. The summed E-state index contributed by atoms with van der Waals surface area (Å²) in [6.45, 7) is 0. The van der Waals surface area contributed by atoms with Gasteiger partial charge in [0.25, 0.3) is 0 Å². The fraction of sp³-hybridized carbons (Fsp3) is 0.267. The number of hydrogen-bond acceptors (Lipinski definition) is 3. The number of imide groups is 1. The molecule has 0 saturated carbocycles. The van der Waals surface area contributed by atoms with Gasteiger partial charge in [0.15, 0.2) is 6.29 Å². The molecule has 0 spiro atoms. The summed E-state index contributed by atoms with van der Waals surface area (Å²) < 4.78 is 1.80. The lowest BCUT2D eigenvalue weighted by molar-refractivity contribution is -0.134. The molecule has 0 radical (unpaired) electrons. The predicted molar refractivity (Wildman–Crippen MR) is 73.4 cm³/mol. The molecule has 1 unspecified atom stereocenters. The molecule has 20 heavy (non-hydrogen) atoms. The molecule has 102 valence electrons. The first-order chi connectivity index (χ1) is 9.60. The normalized spacial score (nSPS) is 19.1. The van der Waals surface area contributed by atoms with Crippen LogP contribution in [-0.4, -0.2) is 22.7 Å². The number of hydrogen-bond donors (Lipinski definition) is 1. The number of carbonyl (C=O) groups excluding carboxylic acids is 3. The largest absolute Gasteiger partial charge is 0.341 e. The number of nitrogens with zero attached hydrogens (tertiary/aromatic N) is 1. The van der Waals surface area contributed by atoms with Gasteiger partial charge in [-0.05, 0) is 24.1 Å². The Balaban J connectivity index is 2.04. The van der Waals surface area contributed by atoms with E-state index < -0.39 is 0 Å². The van der Waals surface area contributed by atoms with Crippen molar-refractivity contribution in [1.82, 2.24) is 9.88 Å². The third-order valence-corrected chi connectivity index (χ3v) is 3.87. The highest BCUT2D eigenvalue weighted by Crippen LogP contribution is 2.28. The monoisotopic (exact) mass is 270 g/mol. The smallest absolute Gasteiger partial charge is 0.234 e. The van der Waals surface area contributed by atoms with Gasteiger partial charge in [-0.25, -0.2) is 0 Å². The second kappa shape index (κ2) is 4.59. The van der Waals surface area contributed by atoms with E-state index in [9.17, 15) is 14.4 Å². The second-order valence-electron chi connectivity index (χ2n) is 5.07. The fourth-order valence-electron chi connectivity index (χ4n) is 2.71. The summed E-state index contributed by atoms with van der Waals surface area (Å²) in [4.78, 5) is 34.0. The quantitative estimate of drug-likeness (QED) is 0.664. The van der Waals surface area contributed by atoms with E-state index in [1.54, 1.807) is 4.57 Å². The number of fused-ring (bicyclic) bond motifs is 1. The summed E-state index contributed by atoms with van der Waals surface area (Å²) in [5, 5.41) is 3.33. The molecule has 3 rings (SSSR count). The minimum Gasteiger partial charge on any atom is -0.341 e. The topological polar surface area (TPSA) is 68.2 Å². The molecule has 5 heteroatoms. The number of rotatable bonds is 2. The molecule has 1 aromatic heterocycles. The van der Waals surface area contributed by atoms with Crippen molar-refractivity contribution >= 4 is 29.0 Å². The van der Waals surface area contributed by atoms with Gasteiger partial charge in [0.05, 0.1) is 11.6 Å². The molecule has 1 aliphatic rings. The van der Waals surface area contributed by atoms with Gasteiger partial charge in [0, 0.05) is 24.4 Å². The van der Waals surface area contributed by atoms with Crippen LogP contribution in [0.1, 0.15) is 34.8 Å². The van der Waals surface area contributed by atoms with Crippen LogP contribution in [0, 0.1) is 0 Å². The Morgan fingerprint density at radius 1 is 1.30 bits per heavy atom. The number of benzene rings is 1. The Morgan fingerprint density at radius 2 is 2.10 bits per heavy atom. The van der Waals surface area contributed by atoms with Crippen molar-refractivity contribution in [2.24, 2.45) is 7.05 Å². The van der Waals surface area contributed by atoms with Crippen molar-refractivity contribution in [3.8, 4) is 0 Å². The number of carbonyl (C=O) groups is 3. The molecular weight excluding hydrogens is 256 g/mol. The van der Waals surface area contributed by atoms with Crippen LogP contribution >= 0.6 is 0 Å². The molecule has 0 aliphatic carbocycles. The molecule has 1 saturated heterocycles. The second-order valence-corrected chi connectivity index (χ2v) is 5.07. The van der Waals surface area contributed by atoms with Crippen LogP contribution in [0.4, 0.5) is 0 Å². The summed E-state index contributed by atoms with van der Waals surface area (Å²) in [6, 6.07) is 7.53. The molecule has 1 N–H and O–H groups in total. The lowest BCUT2D eigenvalue weighted by Crippen LogP contribution is -2.39. The zero-order chi connectivity index (χ0) is 14.3. The van der Waals surface area contributed by atoms with Crippen LogP contribution in [0.3, 0.4) is 0 Å². The van der Waals surface area contributed by atoms with Crippen molar-refractivity contribution < 1.29 is 14.4 Å². The zero-order valence-electron chi connectivity index (χ0n) is 11.1. The van der Waals surface area contributed by atoms with Gasteiger partial charge in [-0.2, -0.15) is 0 Å². The number of nitrogens with one attached hydrogen (secondary N) is 1. The number of aromatic nitrogens is 1. The Morgan fingerprint density at radius 3 is 2.80 bits per heavy atom. The number of aldehydes is 1. The maximum atomic E-state index is 11.9. The van der Waals surface area contributed by atoms with Crippen LogP contribution in [0.15, 0.2) is 24.3 Å². The molecule has 0 bridgehead atoms. The van der Waals surface area contributed by atoms with Crippen molar-refractivity contribution in [2.45, 2.75) is 18.8 Å². The average molecular weight is 270 g/mol. The average Bonchev–Trinajstić information content (AvgIpc) is 2.75. The van der Waals surface area contributed by atoms with Crippen LogP contribution in [-0.2, 0) is 16.6 Å². The van der Waals surface area contributed by atoms with Gasteiger partial charge in [0.1, 0.15) is 0 Å². The van der Waals surface area contributed by atoms with Crippen LogP contribution in [0.25, 0.3) is 10.9 Å². The van der Waals surface area contributed by atoms with Crippen molar-refractivity contribution in [1.29, 1.82) is 0 Å². The molecule has 2 heterocycles. The van der Waals surface area contributed by atoms with Crippen molar-refractivity contribution in [2.75, 3.05) is 0 Å². The van der Waals surface area contributed by atoms with E-state index in [0.29, 0.717) is 18.5 Å². The highest BCUT2D eigenvalue weighted by Gasteiger charge is 2.28. The highest BCUT2D eigenvalue weighted by atomic mass is 16.2. The standard InChI is InChI=1S/C15H14N2O3/c1-17-11(8-18)6-10-3-2-9(7-13(10)17)12-4-5-14(19)16-15(12)20/h2-3,6-8,12H,4-5H2,1H3,(H,16,19,20). The van der Waals surface area contributed by atoms with Crippen molar-refractivity contribution in [3.05, 3.63) is 35.5 Å². The van der Waals surface area contributed by atoms with E-state index in [4.69, 9.17) is 0 Å². The third kappa shape index (κ3) is 1.91. The molecule has 1 fully saturated rings. The Kier molecular flexibility index (Phi) is 2.89. The summed E-state index contributed by atoms with van der Waals surface area (Å²) in [6.07, 6.45) is 1.70. The Bertz CT molecular complexity index is 730. The Hall–Kier alpha value is -2.43. The molecular formula is C15H14N2O3. The maximum Gasteiger partial charge on any atom is 0.234 e. The zero-order valence-corrected chi connectivity index (χ0v) is 11.1. The molecule has 1 aliphatic heterocycles. The Labute approximate surface area is 115 Å². The number of piperidine rings is 1. The van der Waals surface area contributed by atoms with Crippen LogP contribution in [0.2, 0.25) is 0 Å². The number of amides is 2. The molecule has 2 aromatic rings. The SMILES string of the molecule is Cn1c(C=O)cc2ccc(C3CCC(=O)NC3=O)cc21. The van der Waals surface area contributed by atoms with E-state index >= 15 is 0 Å². The van der Waals surface area contributed by atoms with Gasteiger partial charge >= 0.3 is 0 Å². The van der Waals surface area contributed by atoms with E-state index in [1.165, 1.54) is 0 Å². The van der Waals surface area contributed by atoms with Crippen molar-refractivity contribution in [3.63, 3.8) is 0 Å². The fourth-order valence-corrected chi connectivity index (χ4v) is 2.71. The van der Waals surface area contributed by atoms with Gasteiger partial charge in [-0.3, -0.25) is 19.7 Å². The molecule has 1 aromatic carbocycles. The van der Waals surface area contributed by atoms with Gasteiger partial charge in [-0.15, -0.1) is 0 Å². The molecule has 1 atom stereocenters. The first kappa shape index (κ1) is 12.6. The molecule has 5 nitrogen and oxygen atoms in total. The van der Waals surface area contributed by atoms with Crippen LogP contribution < -0.4 is 5.32 Å². The maximum absolute atomic E-state index is 11.9. The first-order valence-electron chi connectivity index (χ1n) is 6.48. The van der Waals surface area contributed by atoms with Gasteiger partial charge in [-0.1, -0.05) is 12.1 Å². The highest BCUT2D eigenvalue weighted by molar-refractivity contribution is 6.01. The summed E-state index contributed by atoms with van der Waals surface area (Å²) in [5.41, 5.74) is 2.39. The predicted octanol–water partition coefficient (Wildman–Crippen LogP) is 1.51. The van der Waals surface area contributed by atoms with Gasteiger partial charge in [0.2, 0.25) is 11.8 Å². The lowest BCUT2D eigenvalue weighted by Gasteiger charge is -2.21. The van der Waals surface area contributed by atoms with E-state index in [1.807, 2.05) is 31.3 Å². The summed E-state index contributed by atoms with van der Waals surface area (Å²) >= 11 is 0. The minimum absolute atomic E-state index is 0.213. The molecule has 2 amide bonds. The van der Waals surface area contributed by atoms with Crippen LogP contribution in [0.5, 0.6) is 0 Å². The third-order valence-electron chi connectivity index (χ3n) is 3.87. The number of aryl methyl sites for hydroxylation is 1. The van der Waals surface area contributed by atoms with E-state index in [-0.39, 0.29) is 17.7 Å². The first-order valence-corrected chi connectivity index (χ1v) is 6.48. The summed E-state index contributed by atoms with van der Waals surface area (Å²) in [7, 11) is 1.82.